The van der Waals surface area contributed by atoms with Crippen LogP contribution in [0.15, 0.2) is 78.2 Å². The van der Waals surface area contributed by atoms with Crippen LogP contribution in [-0.4, -0.2) is 56.2 Å². The van der Waals surface area contributed by atoms with Crippen LogP contribution in [0.25, 0.3) is 6.08 Å². The highest BCUT2D eigenvalue weighted by molar-refractivity contribution is 7.85. The zero-order valence-electron chi connectivity index (χ0n) is 31.4. The first-order valence-corrected chi connectivity index (χ1v) is 20.6. The largest absolute Gasteiger partial charge is 0.744 e. The summed E-state index contributed by atoms with van der Waals surface area (Å²) >= 11 is 0. The maximum absolute atomic E-state index is 11.8. The number of nitrogens with zero attached hydrogens (tertiary/aromatic N) is 1. The number of quaternary nitrogens is 1. The van der Waals surface area contributed by atoms with Crippen molar-refractivity contribution in [2.75, 3.05) is 26.2 Å². The highest BCUT2D eigenvalue weighted by Crippen LogP contribution is 2.17. The van der Waals surface area contributed by atoms with Gasteiger partial charge in [-0.05, 0) is 42.5 Å². The fourth-order valence-corrected chi connectivity index (χ4v) is 7.03. The summed E-state index contributed by atoms with van der Waals surface area (Å²) in [4.78, 5) is 15.8. The number of carbonyl (C=O) groups is 1. The van der Waals surface area contributed by atoms with Gasteiger partial charge in [0.25, 0.3) is 0 Å². The van der Waals surface area contributed by atoms with E-state index in [2.05, 4.69) is 62.2 Å². The molecule has 0 amide bonds. The molecule has 2 unspecified atom stereocenters. The van der Waals surface area contributed by atoms with E-state index in [1.807, 2.05) is 0 Å². The highest BCUT2D eigenvalue weighted by Gasteiger charge is 2.35. The van der Waals surface area contributed by atoms with Crippen molar-refractivity contribution >= 4 is 22.2 Å². The van der Waals surface area contributed by atoms with Crippen molar-refractivity contribution in [3.8, 4) is 0 Å². The topological polar surface area (TPSA) is 91.2 Å². The van der Waals surface area contributed by atoms with E-state index in [1.165, 1.54) is 126 Å². The lowest BCUT2D eigenvalue weighted by Crippen LogP contribution is -3.15. The van der Waals surface area contributed by atoms with Crippen LogP contribution in [0, 0.1) is 5.92 Å². The molecule has 8 heteroatoms. The predicted molar refractivity (Wildman–Crippen MR) is 206 cm³/mol. The summed E-state index contributed by atoms with van der Waals surface area (Å²) in [5.74, 6) is 0.603. The first-order valence-electron chi connectivity index (χ1n) is 19.1. The standard InChI is InChI=1S/C34H58N2O2.C8H8O3S/c1-30(2)21-17-14-12-10-8-6-5-7-9-11-13-15-20-24-33-35(27-28-38-34(37)31(3)4)25-26-36(33)29-32-22-18-16-19-23-32;1-2-7-3-5-8(6-4-7)12(9,10)11/h16,18-19,22-23,30,33H,3,5-15,17,20-21,24-29H2,1-2,4H3;2-6H,1H2,(H,9,10,11). The Morgan fingerprint density at radius 1 is 0.900 bits per heavy atom. The van der Waals surface area contributed by atoms with Crippen LogP contribution >= 0.6 is 0 Å². The normalized spacial score (nSPS) is 16.2. The fraction of sp³-hybridized carbons (Fsp3) is 0.595. The number of benzene rings is 2. The van der Waals surface area contributed by atoms with E-state index in [1.54, 1.807) is 17.9 Å². The number of unbranched alkanes of at least 4 members (excludes halogenated alkanes) is 12. The number of ether oxygens (including phenoxy) is 1. The van der Waals surface area contributed by atoms with Gasteiger partial charge in [-0.25, -0.2) is 18.1 Å². The summed E-state index contributed by atoms with van der Waals surface area (Å²) in [6.07, 6.45) is 23.0. The maximum atomic E-state index is 11.8. The second-order valence-electron chi connectivity index (χ2n) is 14.3. The summed E-state index contributed by atoms with van der Waals surface area (Å²) in [6.45, 7) is 18.2. The minimum Gasteiger partial charge on any atom is -0.744 e. The molecule has 0 spiro atoms. The molecule has 7 nitrogen and oxygen atoms in total. The van der Waals surface area contributed by atoms with Gasteiger partial charge in [-0.1, -0.05) is 159 Å². The van der Waals surface area contributed by atoms with E-state index in [0.29, 0.717) is 18.3 Å². The summed E-state index contributed by atoms with van der Waals surface area (Å²) in [6, 6.07) is 16.4. The first kappa shape index (κ1) is 43.4. The van der Waals surface area contributed by atoms with E-state index in [9.17, 15) is 17.8 Å². The Balaban J connectivity index is 0.000000606. The van der Waals surface area contributed by atoms with Crippen LogP contribution in [0.5, 0.6) is 0 Å². The summed E-state index contributed by atoms with van der Waals surface area (Å²) < 4.78 is 36.8. The minimum absolute atomic E-state index is 0.215. The Morgan fingerprint density at radius 2 is 1.44 bits per heavy atom. The van der Waals surface area contributed by atoms with Crippen molar-refractivity contribution in [1.82, 2.24) is 4.90 Å². The third kappa shape index (κ3) is 19.0. The van der Waals surface area contributed by atoms with Gasteiger partial charge in [0.1, 0.15) is 29.4 Å². The van der Waals surface area contributed by atoms with Gasteiger partial charge in [-0.3, -0.25) is 0 Å². The maximum Gasteiger partial charge on any atom is 0.333 e. The van der Waals surface area contributed by atoms with Crippen LogP contribution in [0.3, 0.4) is 0 Å². The molecule has 2 aromatic carbocycles. The minimum atomic E-state index is -4.31. The zero-order valence-corrected chi connectivity index (χ0v) is 32.2. The van der Waals surface area contributed by atoms with Crippen LogP contribution < -0.4 is 4.90 Å². The van der Waals surface area contributed by atoms with Gasteiger partial charge in [0.2, 0.25) is 0 Å². The molecule has 0 radical (unpaired) electrons. The van der Waals surface area contributed by atoms with Crippen molar-refractivity contribution in [2.45, 2.75) is 135 Å². The van der Waals surface area contributed by atoms with Gasteiger partial charge >= 0.3 is 5.97 Å². The number of rotatable bonds is 24. The molecule has 0 aliphatic carbocycles. The van der Waals surface area contributed by atoms with E-state index in [4.69, 9.17) is 4.74 Å². The average molecular weight is 711 g/mol. The monoisotopic (exact) mass is 710 g/mol. The lowest BCUT2D eigenvalue weighted by atomic mass is 10.0. The molecule has 0 aromatic heterocycles. The molecule has 1 aliphatic heterocycles. The van der Waals surface area contributed by atoms with E-state index < -0.39 is 10.1 Å². The van der Waals surface area contributed by atoms with Crippen molar-refractivity contribution in [1.29, 1.82) is 0 Å². The molecule has 0 bridgehead atoms. The lowest BCUT2D eigenvalue weighted by Gasteiger charge is -2.27. The fourth-order valence-electron chi connectivity index (χ4n) is 6.56. The first-order chi connectivity index (χ1) is 24.0. The van der Waals surface area contributed by atoms with Crippen LogP contribution in [0.1, 0.15) is 128 Å². The van der Waals surface area contributed by atoms with Gasteiger partial charge in [0.05, 0.1) is 18.0 Å². The van der Waals surface area contributed by atoms with Crippen molar-refractivity contribution < 1.29 is 27.4 Å². The summed E-state index contributed by atoms with van der Waals surface area (Å²) in [5, 5.41) is 0. The molecule has 1 N–H and O–H groups in total. The third-order valence-electron chi connectivity index (χ3n) is 9.53. The van der Waals surface area contributed by atoms with Crippen molar-refractivity contribution in [3.05, 3.63) is 84.5 Å². The number of hydrogen-bond donors (Lipinski definition) is 1. The second-order valence-corrected chi connectivity index (χ2v) is 15.7. The summed E-state index contributed by atoms with van der Waals surface area (Å²) in [5.41, 5.74) is 2.65. The van der Waals surface area contributed by atoms with Gasteiger partial charge in [-0.2, -0.15) is 0 Å². The molecule has 280 valence electrons. The molecular weight excluding hydrogens is 645 g/mol. The molecule has 50 heavy (non-hydrogen) atoms. The predicted octanol–water partition coefficient (Wildman–Crippen LogP) is 8.57. The number of nitrogens with one attached hydrogen (secondary N) is 1. The number of esters is 1. The van der Waals surface area contributed by atoms with E-state index in [0.717, 1.165) is 37.7 Å². The van der Waals surface area contributed by atoms with Crippen LogP contribution in [0.2, 0.25) is 0 Å². The van der Waals surface area contributed by atoms with Gasteiger partial charge in [0.15, 0.2) is 0 Å². The molecule has 3 rings (SSSR count). The lowest BCUT2D eigenvalue weighted by molar-refractivity contribution is -0.919. The zero-order chi connectivity index (χ0) is 36.6. The Kier molecular flexibility index (Phi) is 21.9. The van der Waals surface area contributed by atoms with Crippen LogP contribution in [-0.2, 0) is 26.2 Å². The Morgan fingerprint density at radius 3 is 1.94 bits per heavy atom. The Labute approximate surface area is 304 Å². The van der Waals surface area contributed by atoms with Crippen LogP contribution in [0.4, 0.5) is 0 Å². The van der Waals surface area contributed by atoms with E-state index in [-0.39, 0.29) is 10.9 Å². The Hall–Kier alpha value is -2.78. The number of carbonyl (C=O) groups excluding carboxylic acids is 1. The van der Waals surface area contributed by atoms with E-state index >= 15 is 0 Å². The summed E-state index contributed by atoms with van der Waals surface area (Å²) in [7, 11) is -4.31. The number of hydrogen-bond acceptors (Lipinski definition) is 6. The molecule has 1 heterocycles. The molecule has 1 saturated heterocycles. The van der Waals surface area contributed by atoms with Gasteiger partial charge in [0, 0.05) is 18.5 Å². The Bertz CT molecular complexity index is 1330. The molecular formula is C42H66N2O5S. The van der Waals surface area contributed by atoms with Gasteiger partial charge in [-0.15, -0.1) is 0 Å². The van der Waals surface area contributed by atoms with Crippen molar-refractivity contribution in [2.24, 2.45) is 5.92 Å². The SMILES string of the molecule is C=C(C)C(=O)OCC[NH+]1CCN(Cc2ccccc2)C1CCCCCCCCCCCCCCCC(C)C.C=Cc1ccc(S(=O)(=O)[O-])cc1. The molecule has 1 aliphatic rings. The molecule has 0 saturated carbocycles. The molecule has 1 fully saturated rings. The average Bonchev–Trinajstić information content (AvgIpc) is 3.46. The van der Waals surface area contributed by atoms with Crippen molar-refractivity contribution in [3.63, 3.8) is 0 Å². The highest BCUT2D eigenvalue weighted by atomic mass is 32.2. The second kappa shape index (κ2) is 25.2. The smallest absolute Gasteiger partial charge is 0.333 e. The quantitative estimate of drug-likeness (QED) is 0.0508. The molecule has 2 aromatic rings. The third-order valence-corrected chi connectivity index (χ3v) is 10.4. The molecule has 2 atom stereocenters. The van der Waals surface area contributed by atoms with Gasteiger partial charge < -0.3 is 14.2 Å².